The molecule has 1 aromatic rings. The molecular weight excluding hydrogens is 248 g/mol. The van der Waals surface area contributed by atoms with Crippen LogP contribution in [0, 0.1) is 5.92 Å². The molecule has 0 spiro atoms. The molecule has 0 amide bonds. The lowest BCUT2D eigenvalue weighted by Gasteiger charge is -2.32. The van der Waals surface area contributed by atoms with Gasteiger partial charge in [0.05, 0.1) is 12.0 Å². The van der Waals surface area contributed by atoms with Gasteiger partial charge in [-0.1, -0.05) is 13.8 Å². The van der Waals surface area contributed by atoms with Gasteiger partial charge in [0.1, 0.15) is 0 Å². The molecule has 0 aliphatic carbocycles. The van der Waals surface area contributed by atoms with Gasteiger partial charge in [-0.05, 0) is 52.2 Å². The lowest BCUT2D eigenvalue weighted by Crippen LogP contribution is -2.38. The van der Waals surface area contributed by atoms with Gasteiger partial charge in [-0.3, -0.25) is 4.90 Å². The van der Waals surface area contributed by atoms with Crippen molar-refractivity contribution >= 4 is 0 Å². The summed E-state index contributed by atoms with van der Waals surface area (Å²) >= 11 is 0. The summed E-state index contributed by atoms with van der Waals surface area (Å²) in [6.45, 7) is 13.5. The van der Waals surface area contributed by atoms with Crippen molar-refractivity contribution in [3.63, 3.8) is 0 Å². The van der Waals surface area contributed by atoms with Crippen molar-refractivity contribution in [2.24, 2.45) is 5.92 Å². The van der Waals surface area contributed by atoms with Gasteiger partial charge in [-0.2, -0.15) is 0 Å². The maximum atomic E-state index is 4.30. The summed E-state index contributed by atoms with van der Waals surface area (Å²) in [6, 6.07) is 1.11. The van der Waals surface area contributed by atoms with E-state index in [9.17, 15) is 0 Å². The van der Waals surface area contributed by atoms with Crippen molar-refractivity contribution in [3.05, 3.63) is 18.2 Å². The van der Waals surface area contributed by atoms with E-state index < -0.39 is 0 Å². The topological polar surface area (TPSA) is 33.1 Å². The molecule has 2 rings (SSSR count). The Morgan fingerprint density at radius 3 is 2.55 bits per heavy atom. The highest BCUT2D eigenvalue weighted by Crippen LogP contribution is 2.19. The van der Waals surface area contributed by atoms with Gasteiger partial charge in [0.15, 0.2) is 0 Å². The summed E-state index contributed by atoms with van der Waals surface area (Å²) in [5.74, 6) is 0.851. The molecule has 1 saturated heterocycles. The minimum absolute atomic E-state index is 0.500. The van der Waals surface area contributed by atoms with Crippen molar-refractivity contribution in [1.82, 2.24) is 19.8 Å². The molecule has 0 saturated carbocycles. The van der Waals surface area contributed by atoms with Crippen LogP contribution in [0.2, 0.25) is 0 Å². The van der Waals surface area contributed by atoms with E-state index in [1.807, 2.05) is 12.5 Å². The van der Waals surface area contributed by atoms with Crippen LogP contribution in [0.3, 0.4) is 0 Å². The molecular formula is C16H30N4. The molecule has 1 aromatic heterocycles. The first kappa shape index (κ1) is 15.5. The van der Waals surface area contributed by atoms with E-state index in [0.717, 1.165) is 12.5 Å². The van der Waals surface area contributed by atoms with E-state index in [4.69, 9.17) is 0 Å². The monoisotopic (exact) mass is 278 g/mol. The van der Waals surface area contributed by atoms with Crippen molar-refractivity contribution in [2.75, 3.05) is 19.6 Å². The molecule has 0 atom stereocenters. The molecule has 0 radical (unpaired) electrons. The van der Waals surface area contributed by atoms with Crippen LogP contribution in [0.25, 0.3) is 0 Å². The summed E-state index contributed by atoms with van der Waals surface area (Å²) < 4.78 is 2.28. The highest BCUT2D eigenvalue weighted by atomic mass is 15.2. The second kappa shape index (κ2) is 7.23. The van der Waals surface area contributed by atoms with E-state index in [1.165, 1.54) is 38.2 Å². The van der Waals surface area contributed by atoms with Crippen LogP contribution in [0.5, 0.6) is 0 Å². The van der Waals surface area contributed by atoms with Crippen LogP contribution in [-0.2, 0) is 6.54 Å². The van der Waals surface area contributed by atoms with Crippen molar-refractivity contribution in [1.29, 1.82) is 0 Å². The van der Waals surface area contributed by atoms with Crippen LogP contribution in [0.1, 0.15) is 52.3 Å². The Kier molecular flexibility index (Phi) is 5.61. The van der Waals surface area contributed by atoms with Gasteiger partial charge in [0, 0.05) is 24.8 Å². The number of aromatic nitrogens is 2. The largest absolute Gasteiger partial charge is 0.331 e. The summed E-state index contributed by atoms with van der Waals surface area (Å²) in [4.78, 5) is 6.87. The van der Waals surface area contributed by atoms with Crippen LogP contribution < -0.4 is 5.32 Å². The second-order valence-corrected chi connectivity index (χ2v) is 6.67. The highest BCUT2D eigenvalue weighted by Gasteiger charge is 2.20. The summed E-state index contributed by atoms with van der Waals surface area (Å²) in [5, 5.41) is 3.57. The fourth-order valence-corrected chi connectivity index (χ4v) is 2.90. The van der Waals surface area contributed by atoms with E-state index in [0.29, 0.717) is 12.1 Å². The van der Waals surface area contributed by atoms with E-state index in [-0.39, 0.29) is 0 Å². The number of imidazole rings is 1. The fourth-order valence-electron chi connectivity index (χ4n) is 2.90. The van der Waals surface area contributed by atoms with Gasteiger partial charge in [-0.25, -0.2) is 4.98 Å². The normalized spacial score (nSPS) is 18.3. The molecule has 1 aliphatic rings. The predicted molar refractivity (Wildman–Crippen MR) is 83.8 cm³/mol. The lowest BCUT2D eigenvalue weighted by molar-refractivity contribution is 0.170. The first-order chi connectivity index (χ1) is 9.56. The first-order valence-electron chi connectivity index (χ1n) is 8.02. The third-order valence-corrected chi connectivity index (χ3v) is 4.21. The molecule has 114 valence electrons. The fraction of sp³-hybridized carbons (Fsp3) is 0.812. The summed E-state index contributed by atoms with van der Waals surface area (Å²) in [6.07, 6.45) is 6.61. The minimum Gasteiger partial charge on any atom is -0.331 e. The van der Waals surface area contributed by atoms with Crippen LogP contribution >= 0.6 is 0 Å². The smallest absolute Gasteiger partial charge is 0.0951 e. The number of nitrogens with one attached hydrogen (secondary N) is 1. The predicted octanol–water partition coefficient (Wildman–Crippen LogP) is 2.67. The Balaban J connectivity index is 1.78. The Morgan fingerprint density at radius 2 is 1.95 bits per heavy atom. The number of hydrogen-bond acceptors (Lipinski definition) is 3. The number of rotatable bonds is 6. The summed E-state index contributed by atoms with van der Waals surface area (Å²) in [7, 11) is 0. The van der Waals surface area contributed by atoms with Crippen LogP contribution in [-0.4, -0.2) is 40.1 Å². The maximum Gasteiger partial charge on any atom is 0.0951 e. The van der Waals surface area contributed by atoms with Crippen LogP contribution in [0.4, 0.5) is 0 Å². The maximum absolute atomic E-state index is 4.30. The molecule has 0 aromatic carbocycles. The Bertz CT molecular complexity index is 389. The SMILES string of the molecule is CC(C)NCC1CCN(Cc2cncn2C(C)C)CC1. The van der Waals surface area contributed by atoms with Gasteiger partial charge in [0.25, 0.3) is 0 Å². The molecule has 0 unspecified atom stereocenters. The molecule has 1 aliphatic heterocycles. The molecule has 1 fully saturated rings. The van der Waals surface area contributed by atoms with E-state index in [2.05, 4.69) is 47.5 Å². The van der Waals surface area contributed by atoms with Gasteiger partial charge < -0.3 is 9.88 Å². The van der Waals surface area contributed by atoms with Crippen molar-refractivity contribution in [2.45, 2.75) is 59.2 Å². The zero-order chi connectivity index (χ0) is 14.5. The second-order valence-electron chi connectivity index (χ2n) is 6.67. The molecule has 4 heteroatoms. The molecule has 20 heavy (non-hydrogen) atoms. The Morgan fingerprint density at radius 1 is 1.25 bits per heavy atom. The first-order valence-corrected chi connectivity index (χ1v) is 8.02. The standard InChI is InChI=1S/C16H30N4/c1-13(2)18-9-15-5-7-19(8-6-15)11-16-10-17-12-20(16)14(3)4/h10,12-15,18H,5-9,11H2,1-4H3. The number of hydrogen-bond donors (Lipinski definition) is 1. The van der Waals surface area contributed by atoms with Crippen LogP contribution in [0.15, 0.2) is 12.5 Å². The zero-order valence-corrected chi connectivity index (χ0v) is 13.5. The highest BCUT2D eigenvalue weighted by molar-refractivity contribution is 5.00. The molecule has 1 N–H and O–H groups in total. The average molecular weight is 278 g/mol. The lowest BCUT2D eigenvalue weighted by atomic mass is 9.96. The molecule has 0 bridgehead atoms. The van der Waals surface area contributed by atoms with Gasteiger partial charge in [0.2, 0.25) is 0 Å². The Labute approximate surface area is 123 Å². The van der Waals surface area contributed by atoms with E-state index in [1.54, 1.807) is 0 Å². The van der Waals surface area contributed by atoms with Gasteiger partial charge >= 0.3 is 0 Å². The average Bonchev–Trinajstić information content (AvgIpc) is 2.86. The molecule has 2 heterocycles. The third kappa shape index (κ3) is 4.32. The van der Waals surface area contributed by atoms with Crippen molar-refractivity contribution < 1.29 is 0 Å². The quantitative estimate of drug-likeness (QED) is 0.868. The summed E-state index contributed by atoms with van der Waals surface area (Å²) in [5.41, 5.74) is 1.35. The molecule has 4 nitrogen and oxygen atoms in total. The third-order valence-electron chi connectivity index (χ3n) is 4.21. The Hall–Kier alpha value is -0.870. The minimum atomic E-state index is 0.500. The number of nitrogens with zero attached hydrogens (tertiary/aromatic N) is 3. The van der Waals surface area contributed by atoms with Gasteiger partial charge in [-0.15, -0.1) is 0 Å². The number of likely N-dealkylation sites (tertiary alicyclic amines) is 1. The van der Waals surface area contributed by atoms with Crippen molar-refractivity contribution in [3.8, 4) is 0 Å². The number of piperidine rings is 1. The van der Waals surface area contributed by atoms with E-state index >= 15 is 0 Å². The zero-order valence-electron chi connectivity index (χ0n) is 13.5.